The van der Waals surface area contributed by atoms with E-state index in [0.29, 0.717) is 37.4 Å². The summed E-state index contributed by atoms with van der Waals surface area (Å²) in [6, 6.07) is 17.1. The van der Waals surface area contributed by atoms with Gasteiger partial charge in [-0.2, -0.15) is 0 Å². The summed E-state index contributed by atoms with van der Waals surface area (Å²) in [5.41, 5.74) is 2.71. The van der Waals surface area contributed by atoms with Gasteiger partial charge in [0.25, 0.3) is 15.9 Å². The van der Waals surface area contributed by atoms with Gasteiger partial charge in [-0.25, -0.2) is 18.4 Å². The van der Waals surface area contributed by atoms with E-state index >= 15 is 0 Å². The molecular formula is C24H23N5O3S2. The number of aromatic nitrogens is 2. The Morgan fingerprint density at radius 1 is 0.971 bits per heavy atom. The number of rotatable bonds is 5. The summed E-state index contributed by atoms with van der Waals surface area (Å²) in [7, 11) is -3.74. The van der Waals surface area contributed by atoms with Gasteiger partial charge in [-0.1, -0.05) is 29.5 Å². The second-order valence-electron chi connectivity index (χ2n) is 8.05. The maximum absolute atomic E-state index is 13.0. The number of hydrogen-bond donors (Lipinski definition) is 1. The van der Waals surface area contributed by atoms with E-state index in [1.165, 1.54) is 12.1 Å². The van der Waals surface area contributed by atoms with Crippen LogP contribution in [-0.2, 0) is 10.0 Å². The number of para-hydroxylation sites is 1. The molecular weight excluding hydrogens is 470 g/mol. The van der Waals surface area contributed by atoms with E-state index in [1.807, 2.05) is 31.2 Å². The number of piperazine rings is 1. The highest BCUT2D eigenvalue weighted by molar-refractivity contribution is 7.92. The molecule has 174 valence electrons. The predicted molar refractivity (Wildman–Crippen MR) is 134 cm³/mol. The van der Waals surface area contributed by atoms with Crippen molar-refractivity contribution in [2.45, 2.75) is 11.8 Å². The molecule has 1 aliphatic heterocycles. The lowest BCUT2D eigenvalue weighted by molar-refractivity contribution is 0.0746. The van der Waals surface area contributed by atoms with Crippen LogP contribution in [0.25, 0.3) is 10.3 Å². The van der Waals surface area contributed by atoms with Gasteiger partial charge in [-0.3, -0.25) is 9.52 Å². The summed E-state index contributed by atoms with van der Waals surface area (Å²) in [5, 5.41) is 0.913. The molecule has 0 aliphatic carbocycles. The molecule has 10 heteroatoms. The number of sulfonamides is 1. The summed E-state index contributed by atoms with van der Waals surface area (Å²) in [6.07, 6.45) is 1.76. The Hall–Kier alpha value is -3.50. The third-order valence-corrected chi connectivity index (χ3v) is 8.21. The molecule has 2 aromatic heterocycles. The second-order valence-corrected chi connectivity index (χ2v) is 10.7. The van der Waals surface area contributed by atoms with E-state index in [4.69, 9.17) is 0 Å². The van der Waals surface area contributed by atoms with Crippen molar-refractivity contribution in [3.05, 3.63) is 78.0 Å². The number of hydrogen-bond acceptors (Lipinski definition) is 7. The number of pyridine rings is 1. The molecule has 1 saturated heterocycles. The smallest absolute Gasteiger partial charge is 0.261 e. The zero-order valence-electron chi connectivity index (χ0n) is 18.5. The first kappa shape index (κ1) is 22.3. The van der Waals surface area contributed by atoms with Gasteiger partial charge in [0, 0.05) is 37.9 Å². The van der Waals surface area contributed by atoms with Crippen LogP contribution in [0.4, 0.5) is 10.8 Å². The van der Waals surface area contributed by atoms with Crippen molar-refractivity contribution in [3.63, 3.8) is 0 Å². The minimum absolute atomic E-state index is 0.110. The number of fused-ring (bicyclic) bond motifs is 1. The lowest BCUT2D eigenvalue weighted by Crippen LogP contribution is -2.48. The van der Waals surface area contributed by atoms with Crippen molar-refractivity contribution >= 4 is 48.4 Å². The molecule has 1 aliphatic rings. The Kier molecular flexibility index (Phi) is 5.93. The molecule has 1 amide bonds. The molecule has 3 heterocycles. The molecule has 0 atom stereocenters. The van der Waals surface area contributed by atoms with Crippen molar-refractivity contribution in [3.8, 4) is 0 Å². The SMILES string of the molecule is Cc1ccccc1NS(=O)(=O)c1ccc(C(=O)N2CCN(c3nc4cccnc4s3)CC2)cc1. The normalized spacial score (nSPS) is 14.4. The summed E-state index contributed by atoms with van der Waals surface area (Å²) >= 11 is 1.55. The largest absolute Gasteiger partial charge is 0.344 e. The molecule has 34 heavy (non-hydrogen) atoms. The Morgan fingerprint density at radius 2 is 1.71 bits per heavy atom. The van der Waals surface area contributed by atoms with E-state index in [0.717, 1.165) is 21.0 Å². The van der Waals surface area contributed by atoms with Crippen LogP contribution in [0.5, 0.6) is 0 Å². The van der Waals surface area contributed by atoms with Crippen molar-refractivity contribution in [1.29, 1.82) is 0 Å². The Morgan fingerprint density at radius 3 is 2.41 bits per heavy atom. The van der Waals surface area contributed by atoms with Gasteiger partial charge in [0.05, 0.1) is 10.6 Å². The minimum Gasteiger partial charge on any atom is -0.344 e. The van der Waals surface area contributed by atoms with Crippen LogP contribution >= 0.6 is 11.3 Å². The van der Waals surface area contributed by atoms with Gasteiger partial charge in [-0.15, -0.1) is 0 Å². The Balaban J connectivity index is 1.23. The van der Waals surface area contributed by atoms with Crippen LogP contribution in [0.2, 0.25) is 0 Å². The fraction of sp³-hybridized carbons (Fsp3) is 0.208. The van der Waals surface area contributed by atoms with E-state index in [1.54, 1.807) is 46.7 Å². The van der Waals surface area contributed by atoms with Gasteiger partial charge < -0.3 is 9.80 Å². The maximum atomic E-state index is 13.0. The Bertz CT molecular complexity index is 1410. The molecule has 1 fully saturated rings. The zero-order chi connectivity index (χ0) is 23.7. The number of nitrogens with zero attached hydrogens (tertiary/aromatic N) is 4. The number of benzene rings is 2. The van der Waals surface area contributed by atoms with Crippen LogP contribution in [0.15, 0.2) is 71.8 Å². The van der Waals surface area contributed by atoms with Crippen LogP contribution in [0.3, 0.4) is 0 Å². The van der Waals surface area contributed by atoms with Crippen LogP contribution in [0, 0.1) is 6.92 Å². The summed E-state index contributed by atoms with van der Waals surface area (Å²) in [6.45, 7) is 4.33. The third-order valence-electron chi connectivity index (χ3n) is 5.79. The predicted octanol–water partition coefficient (Wildman–Crippen LogP) is 3.76. The lowest BCUT2D eigenvalue weighted by atomic mass is 10.2. The third kappa shape index (κ3) is 4.46. The van der Waals surface area contributed by atoms with Crippen LogP contribution < -0.4 is 9.62 Å². The van der Waals surface area contributed by atoms with Crippen molar-refractivity contribution in [1.82, 2.24) is 14.9 Å². The van der Waals surface area contributed by atoms with E-state index < -0.39 is 10.0 Å². The molecule has 0 unspecified atom stereocenters. The molecule has 1 N–H and O–H groups in total. The van der Waals surface area contributed by atoms with Crippen molar-refractivity contribution < 1.29 is 13.2 Å². The zero-order valence-corrected chi connectivity index (χ0v) is 20.1. The standard InChI is InChI=1S/C24H23N5O3S2/c1-17-5-2-3-6-20(17)27-34(31,32)19-10-8-18(9-11-19)23(30)28-13-15-29(16-14-28)24-26-21-7-4-12-25-22(21)33-24/h2-12,27H,13-16H2,1H3. The molecule has 2 aromatic carbocycles. The van der Waals surface area contributed by atoms with Crippen LogP contribution in [0.1, 0.15) is 15.9 Å². The van der Waals surface area contributed by atoms with Gasteiger partial charge in [0.1, 0.15) is 10.3 Å². The molecule has 8 nitrogen and oxygen atoms in total. The number of carbonyl (C=O) groups is 1. The number of nitrogens with one attached hydrogen (secondary N) is 1. The molecule has 5 rings (SSSR count). The van der Waals surface area contributed by atoms with Crippen molar-refractivity contribution in [2.24, 2.45) is 0 Å². The van der Waals surface area contributed by atoms with E-state index in [9.17, 15) is 13.2 Å². The van der Waals surface area contributed by atoms with Gasteiger partial charge >= 0.3 is 0 Å². The highest BCUT2D eigenvalue weighted by Gasteiger charge is 2.24. The highest BCUT2D eigenvalue weighted by Crippen LogP contribution is 2.28. The second kappa shape index (κ2) is 9.03. The molecule has 0 bridgehead atoms. The first-order valence-corrected chi connectivity index (χ1v) is 13.1. The first-order chi connectivity index (χ1) is 16.4. The number of amides is 1. The summed E-state index contributed by atoms with van der Waals surface area (Å²) in [5.74, 6) is -0.110. The molecule has 0 radical (unpaired) electrons. The summed E-state index contributed by atoms with van der Waals surface area (Å²) in [4.78, 5) is 27.0. The number of aryl methyl sites for hydroxylation is 1. The van der Waals surface area contributed by atoms with Gasteiger partial charge in [-0.05, 0) is 55.0 Å². The van der Waals surface area contributed by atoms with E-state index in [-0.39, 0.29) is 10.8 Å². The van der Waals surface area contributed by atoms with Crippen LogP contribution in [-0.4, -0.2) is 55.4 Å². The summed E-state index contributed by atoms with van der Waals surface area (Å²) < 4.78 is 28.1. The average Bonchev–Trinajstić information content (AvgIpc) is 3.30. The highest BCUT2D eigenvalue weighted by atomic mass is 32.2. The monoisotopic (exact) mass is 493 g/mol. The number of thiazole rings is 1. The number of carbonyl (C=O) groups excluding carboxylic acids is 1. The van der Waals surface area contributed by atoms with Gasteiger partial charge in [0.2, 0.25) is 0 Å². The molecule has 0 spiro atoms. The molecule has 0 saturated carbocycles. The average molecular weight is 494 g/mol. The topological polar surface area (TPSA) is 95.5 Å². The fourth-order valence-corrected chi connectivity index (χ4v) is 5.94. The minimum atomic E-state index is -3.74. The number of anilines is 2. The van der Waals surface area contributed by atoms with Gasteiger partial charge in [0.15, 0.2) is 5.13 Å². The van der Waals surface area contributed by atoms with E-state index in [2.05, 4.69) is 19.6 Å². The maximum Gasteiger partial charge on any atom is 0.261 e. The quantitative estimate of drug-likeness (QED) is 0.455. The fourth-order valence-electron chi connectivity index (χ4n) is 3.84. The van der Waals surface area contributed by atoms with Crippen molar-refractivity contribution in [2.75, 3.05) is 35.8 Å². The Labute approximate surface area is 201 Å². The lowest BCUT2D eigenvalue weighted by Gasteiger charge is -2.34. The first-order valence-electron chi connectivity index (χ1n) is 10.8. The molecule has 4 aromatic rings.